The maximum Gasteiger partial charge on any atom is 0.216 e. The van der Waals surface area contributed by atoms with Gasteiger partial charge in [-0.2, -0.15) is 0 Å². The Bertz CT molecular complexity index is 681. The molecule has 156 valence electrons. The molecule has 1 atom stereocenters. The molecule has 0 fully saturated rings. The number of hydrogen-bond donors (Lipinski definition) is 3. The lowest BCUT2D eigenvalue weighted by atomic mass is 10.1. The van der Waals surface area contributed by atoms with Gasteiger partial charge in [0.05, 0.1) is 18.9 Å². The Labute approximate surface area is 180 Å². The number of sulfonamides is 1. The first kappa shape index (κ1) is 26.1. The summed E-state index contributed by atoms with van der Waals surface area (Å²) in [5.74, 6) is 0.621. The van der Waals surface area contributed by atoms with Crippen molar-refractivity contribution in [2.45, 2.75) is 52.1 Å². The second kappa shape index (κ2) is 13.3. The van der Waals surface area contributed by atoms with Crippen molar-refractivity contribution in [3.8, 4) is 0 Å². The molecule has 0 spiro atoms. The number of nitrogens with zero attached hydrogens (tertiary/aromatic N) is 1. The van der Waals surface area contributed by atoms with E-state index in [2.05, 4.69) is 20.3 Å². The molecule has 0 bridgehead atoms. The third kappa shape index (κ3) is 10.9. The van der Waals surface area contributed by atoms with Gasteiger partial charge in [-0.05, 0) is 38.8 Å². The Balaban J connectivity index is 0.00000676. The van der Waals surface area contributed by atoms with Crippen LogP contribution in [-0.2, 0) is 27.1 Å². The molecule has 0 aliphatic rings. The fraction of sp³-hybridized carbons (Fsp3) is 0.611. The number of hydrogen-bond acceptors (Lipinski definition) is 4. The van der Waals surface area contributed by atoms with Gasteiger partial charge in [-0.25, -0.2) is 18.1 Å². The Morgan fingerprint density at radius 3 is 2.37 bits per heavy atom. The predicted octanol–water partition coefficient (Wildman–Crippen LogP) is 2.22. The monoisotopic (exact) mass is 512 g/mol. The number of methoxy groups -OCH3 is 1. The van der Waals surface area contributed by atoms with E-state index in [1.807, 2.05) is 52.0 Å². The fourth-order valence-corrected chi connectivity index (χ4v) is 3.96. The van der Waals surface area contributed by atoms with Crippen molar-refractivity contribution in [2.75, 3.05) is 20.3 Å². The molecule has 0 aromatic heterocycles. The van der Waals surface area contributed by atoms with Crippen LogP contribution < -0.4 is 15.4 Å². The lowest BCUT2D eigenvalue weighted by Crippen LogP contribution is -2.43. The summed E-state index contributed by atoms with van der Waals surface area (Å²) < 4.78 is 32.2. The molecule has 3 N–H and O–H groups in total. The van der Waals surface area contributed by atoms with Gasteiger partial charge in [0.25, 0.3) is 0 Å². The molecule has 1 aromatic carbocycles. The van der Waals surface area contributed by atoms with Crippen molar-refractivity contribution in [1.82, 2.24) is 15.4 Å². The van der Waals surface area contributed by atoms with Gasteiger partial charge < -0.3 is 15.4 Å². The molecule has 1 unspecified atom stereocenters. The molecule has 0 amide bonds. The van der Waals surface area contributed by atoms with Gasteiger partial charge in [-0.1, -0.05) is 24.3 Å². The first-order chi connectivity index (χ1) is 12.3. The van der Waals surface area contributed by atoms with Gasteiger partial charge >= 0.3 is 0 Å². The standard InChI is InChI=1S/C18H32N4O3S.HI/c1-6-19-18(21-15(4)12-25-5)20-11-16-9-7-8-10-17(16)13-26(23,24)22-14(2)3;/h7-10,14-15,22H,6,11-13H2,1-5H3,(H2,19,20,21);1H. The molecular weight excluding hydrogens is 479 g/mol. The molecule has 0 saturated carbocycles. The van der Waals surface area contributed by atoms with Crippen LogP contribution in [0.2, 0.25) is 0 Å². The zero-order valence-electron chi connectivity index (χ0n) is 16.8. The van der Waals surface area contributed by atoms with Crippen molar-refractivity contribution >= 4 is 40.0 Å². The van der Waals surface area contributed by atoms with E-state index in [0.29, 0.717) is 19.1 Å². The van der Waals surface area contributed by atoms with Crippen LogP contribution in [0.3, 0.4) is 0 Å². The molecule has 7 nitrogen and oxygen atoms in total. The maximum absolute atomic E-state index is 12.2. The minimum Gasteiger partial charge on any atom is -0.383 e. The van der Waals surface area contributed by atoms with E-state index >= 15 is 0 Å². The number of rotatable bonds is 10. The van der Waals surface area contributed by atoms with E-state index in [0.717, 1.165) is 17.7 Å². The number of aliphatic imine (C=N–C) groups is 1. The summed E-state index contributed by atoms with van der Waals surface area (Å²) in [4.78, 5) is 4.58. The molecule has 1 rings (SSSR count). The van der Waals surface area contributed by atoms with Crippen molar-refractivity contribution in [1.29, 1.82) is 0 Å². The highest BCUT2D eigenvalue weighted by molar-refractivity contribution is 14.0. The molecule has 0 saturated heterocycles. The highest BCUT2D eigenvalue weighted by atomic mass is 127. The summed E-state index contributed by atoms with van der Waals surface area (Å²) in [6.07, 6.45) is 0. The second-order valence-corrected chi connectivity index (χ2v) is 8.25. The van der Waals surface area contributed by atoms with Gasteiger partial charge in [0.2, 0.25) is 10.0 Å². The van der Waals surface area contributed by atoms with Crippen molar-refractivity contribution in [2.24, 2.45) is 4.99 Å². The number of ether oxygens (including phenoxy) is 1. The molecule has 0 radical (unpaired) electrons. The van der Waals surface area contributed by atoms with E-state index in [1.54, 1.807) is 7.11 Å². The zero-order chi connectivity index (χ0) is 19.6. The van der Waals surface area contributed by atoms with Crippen LogP contribution in [0, 0.1) is 0 Å². The van der Waals surface area contributed by atoms with E-state index in [1.165, 1.54) is 0 Å². The minimum atomic E-state index is -3.38. The fourth-order valence-electron chi connectivity index (χ4n) is 2.47. The Hall–Kier alpha value is -0.910. The molecule has 0 heterocycles. The van der Waals surface area contributed by atoms with Crippen LogP contribution in [0.25, 0.3) is 0 Å². The summed E-state index contributed by atoms with van der Waals surface area (Å²) in [5, 5.41) is 6.45. The summed E-state index contributed by atoms with van der Waals surface area (Å²) >= 11 is 0. The molecule has 9 heteroatoms. The number of halogens is 1. The van der Waals surface area contributed by atoms with Crippen LogP contribution >= 0.6 is 24.0 Å². The third-order valence-electron chi connectivity index (χ3n) is 3.43. The first-order valence-electron chi connectivity index (χ1n) is 8.88. The van der Waals surface area contributed by atoms with Crippen LogP contribution in [0.4, 0.5) is 0 Å². The smallest absolute Gasteiger partial charge is 0.216 e. The molecule has 0 aliphatic heterocycles. The summed E-state index contributed by atoms with van der Waals surface area (Å²) in [6, 6.07) is 7.47. The van der Waals surface area contributed by atoms with E-state index in [4.69, 9.17) is 4.74 Å². The van der Waals surface area contributed by atoms with Crippen LogP contribution in [0.1, 0.15) is 38.8 Å². The largest absolute Gasteiger partial charge is 0.383 e. The lowest BCUT2D eigenvalue weighted by molar-refractivity contribution is 0.179. The van der Waals surface area contributed by atoms with Crippen molar-refractivity contribution in [3.63, 3.8) is 0 Å². The summed E-state index contributed by atoms with van der Waals surface area (Å²) in [5.41, 5.74) is 1.64. The molecule has 27 heavy (non-hydrogen) atoms. The number of guanidine groups is 1. The predicted molar refractivity (Wildman–Crippen MR) is 122 cm³/mol. The minimum absolute atomic E-state index is 0. The number of nitrogens with one attached hydrogen (secondary N) is 3. The average molecular weight is 512 g/mol. The first-order valence-corrected chi connectivity index (χ1v) is 10.5. The van der Waals surface area contributed by atoms with Gasteiger partial charge in [0.1, 0.15) is 0 Å². The number of benzene rings is 1. The van der Waals surface area contributed by atoms with Gasteiger partial charge in [0.15, 0.2) is 5.96 Å². The highest BCUT2D eigenvalue weighted by Crippen LogP contribution is 2.13. The van der Waals surface area contributed by atoms with Crippen molar-refractivity contribution in [3.05, 3.63) is 35.4 Å². The van der Waals surface area contributed by atoms with E-state index in [9.17, 15) is 8.42 Å². The van der Waals surface area contributed by atoms with Crippen LogP contribution in [0.5, 0.6) is 0 Å². The summed E-state index contributed by atoms with van der Waals surface area (Å²) in [7, 11) is -1.72. The Kier molecular flexibility index (Phi) is 12.8. The van der Waals surface area contributed by atoms with E-state index < -0.39 is 10.0 Å². The zero-order valence-corrected chi connectivity index (χ0v) is 19.9. The normalized spacial score (nSPS) is 13.2. The lowest BCUT2D eigenvalue weighted by Gasteiger charge is -2.17. The SMILES string of the molecule is CCNC(=NCc1ccccc1CS(=O)(=O)NC(C)C)NC(C)COC.I. The van der Waals surface area contributed by atoms with Crippen LogP contribution in [-0.4, -0.2) is 46.7 Å². The highest BCUT2D eigenvalue weighted by Gasteiger charge is 2.15. The molecule has 1 aromatic rings. The Morgan fingerprint density at radius 2 is 1.81 bits per heavy atom. The van der Waals surface area contributed by atoms with Gasteiger partial charge in [-0.3, -0.25) is 0 Å². The van der Waals surface area contributed by atoms with E-state index in [-0.39, 0.29) is 41.8 Å². The maximum atomic E-state index is 12.2. The average Bonchev–Trinajstić information content (AvgIpc) is 2.52. The summed E-state index contributed by atoms with van der Waals surface area (Å²) in [6.45, 7) is 9.32. The van der Waals surface area contributed by atoms with Crippen molar-refractivity contribution < 1.29 is 13.2 Å². The molecule has 0 aliphatic carbocycles. The van der Waals surface area contributed by atoms with Gasteiger partial charge in [-0.15, -0.1) is 24.0 Å². The van der Waals surface area contributed by atoms with Gasteiger partial charge in [0, 0.05) is 25.7 Å². The second-order valence-electron chi connectivity index (χ2n) is 6.50. The third-order valence-corrected chi connectivity index (χ3v) is 4.95. The topological polar surface area (TPSA) is 91.8 Å². The quantitative estimate of drug-likeness (QED) is 0.254. The molecular formula is C18H33IN4O3S. The Morgan fingerprint density at radius 1 is 1.19 bits per heavy atom. The van der Waals surface area contributed by atoms with Crippen LogP contribution in [0.15, 0.2) is 29.3 Å².